The summed E-state index contributed by atoms with van der Waals surface area (Å²) in [4.78, 5) is 25.4. The average Bonchev–Trinajstić information content (AvgIpc) is 2.62. The highest BCUT2D eigenvalue weighted by Gasteiger charge is 2.56. The van der Waals surface area contributed by atoms with E-state index in [9.17, 15) is 18.4 Å². The summed E-state index contributed by atoms with van der Waals surface area (Å²) in [6.45, 7) is 12.0. The molecule has 4 nitrogen and oxygen atoms in total. The molecule has 0 aromatic carbocycles. The van der Waals surface area contributed by atoms with Crippen LogP contribution in [0.15, 0.2) is 25.3 Å². The number of alkyl halides is 2. The fourth-order valence-corrected chi connectivity index (χ4v) is 2.69. The van der Waals surface area contributed by atoms with Crippen LogP contribution in [0.5, 0.6) is 0 Å². The van der Waals surface area contributed by atoms with Gasteiger partial charge in [0.1, 0.15) is 11.6 Å². The normalized spacial score (nSPS) is 21.1. The summed E-state index contributed by atoms with van der Waals surface area (Å²) in [6, 6.07) is -1.48. The molecule has 22 heavy (non-hydrogen) atoms. The molecule has 1 unspecified atom stereocenters. The summed E-state index contributed by atoms with van der Waals surface area (Å²) < 4.78 is 31.8. The van der Waals surface area contributed by atoms with Crippen LogP contribution in [0.1, 0.15) is 40.0 Å². The number of imide groups is 1. The van der Waals surface area contributed by atoms with Crippen LogP contribution in [0, 0.1) is 5.41 Å². The molecule has 0 spiro atoms. The largest absolute Gasteiger partial charge is 0.443 e. The zero-order chi connectivity index (χ0) is 17.1. The maximum atomic E-state index is 13.3. The Morgan fingerprint density at radius 3 is 2.27 bits per heavy atom. The molecular formula is C16H23F2NO3. The van der Waals surface area contributed by atoms with Gasteiger partial charge in [-0.3, -0.25) is 4.79 Å². The van der Waals surface area contributed by atoms with Gasteiger partial charge in [0.15, 0.2) is 0 Å². The summed E-state index contributed by atoms with van der Waals surface area (Å²) >= 11 is 0. The van der Waals surface area contributed by atoms with Crippen molar-refractivity contribution in [3.8, 4) is 0 Å². The molecule has 1 aliphatic heterocycles. The molecule has 0 aromatic rings. The first-order chi connectivity index (χ1) is 10.1. The number of nitrogens with zero attached hydrogens (tertiary/aromatic N) is 1. The molecule has 0 aliphatic carbocycles. The molecule has 1 rings (SSSR count). The second-order valence-corrected chi connectivity index (χ2v) is 6.53. The number of halogens is 2. The van der Waals surface area contributed by atoms with E-state index in [1.165, 1.54) is 12.2 Å². The van der Waals surface area contributed by atoms with Gasteiger partial charge in [0, 0.05) is 0 Å². The fourth-order valence-electron chi connectivity index (χ4n) is 2.69. The highest BCUT2D eigenvalue weighted by atomic mass is 19.3. The van der Waals surface area contributed by atoms with E-state index in [2.05, 4.69) is 13.2 Å². The molecule has 1 heterocycles. The third-order valence-corrected chi connectivity index (χ3v) is 3.56. The lowest BCUT2D eigenvalue weighted by Crippen LogP contribution is -2.46. The zero-order valence-electron chi connectivity index (χ0n) is 13.3. The van der Waals surface area contributed by atoms with Crippen LogP contribution >= 0.6 is 0 Å². The molecule has 0 bridgehead atoms. The quantitative estimate of drug-likeness (QED) is 0.722. The molecular weight excluding hydrogens is 292 g/mol. The SMILES string of the molecule is C=CCC1(CC=C)CC(C(F)F)N(C(=O)OC(C)(C)C)C1=O. The first-order valence-corrected chi connectivity index (χ1v) is 7.14. The predicted octanol–water partition coefficient (Wildman–Crippen LogP) is 3.93. The van der Waals surface area contributed by atoms with Gasteiger partial charge >= 0.3 is 6.09 Å². The maximum Gasteiger partial charge on any atom is 0.417 e. The van der Waals surface area contributed by atoms with Crippen molar-refractivity contribution in [2.75, 3.05) is 0 Å². The summed E-state index contributed by atoms with van der Waals surface area (Å²) in [7, 11) is 0. The molecule has 1 fully saturated rings. The monoisotopic (exact) mass is 315 g/mol. The Bertz CT molecular complexity index is 459. The minimum Gasteiger partial charge on any atom is -0.443 e. The highest BCUT2D eigenvalue weighted by molar-refractivity contribution is 5.98. The van der Waals surface area contributed by atoms with Gasteiger partial charge in [-0.2, -0.15) is 0 Å². The van der Waals surface area contributed by atoms with E-state index in [-0.39, 0.29) is 19.3 Å². The van der Waals surface area contributed by atoms with E-state index in [0.717, 1.165) is 0 Å². The van der Waals surface area contributed by atoms with Gasteiger partial charge in [0.05, 0.1) is 5.41 Å². The van der Waals surface area contributed by atoms with Crippen LogP contribution in [-0.2, 0) is 9.53 Å². The van der Waals surface area contributed by atoms with Crippen molar-refractivity contribution in [1.82, 2.24) is 4.90 Å². The van der Waals surface area contributed by atoms with Gasteiger partial charge in [-0.1, -0.05) is 12.2 Å². The lowest BCUT2D eigenvalue weighted by atomic mass is 9.78. The third-order valence-electron chi connectivity index (χ3n) is 3.56. The van der Waals surface area contributed by atoms with Crippen LogP contribution in [0.4, 0.5) is 13.6 Å². The molecule has 0 N–H and O–H groups in total. The number of amides is 2. The van der Waals surface area contributed by atoms with Crippen LogP contribution in [0.25, 0.3) is 0 Å². The van der Waals surface area contributed by atoms with E-state index < -0.39 is 35.5 Å². The minimum atomic E-state index is -2.83. The molecule has 1 saturated heterocycles. The van der Waals surface area contributed by atoms with Crippen molar-refractivity contribution in [1.29, 1.82) is 0 Å². The average molecular weight is 315 g/mol. The summed E-state index contributed by atoms with van der Waals surface area (Å²) in [5.74, 6) is -0.646. The lowest BCUT2D eigenvalue weighted by molar-refractivity contribution is -0.137. The van der Waals surface area contributed by atoms with Crippen molar-refractivity contribution in [2.45, 2.75) is 58.1 Å². The topological polar surface area (TPSA) is 46.6 Å². The fraction of sp³-hybridized carbons (Fsp3) is 0.625. The summed E-state index contributed by atoms with van der Waals surface area (Å²) in [5.41, 5.74) is -1.96. The number of hydrogen-bond donors (Lipinski definition) is 0. The van der Waals surface area contributed by atoms with Crippen LogP contribution in [0.2, 0.25) is 0 Å². The lowest BCUT2D eigenvalue weighted by Gasteiger charge is -2.27. The van der Waals surface area contributed by atoms with Crippen molar-refractivity contribution in [3.05, 3.63) is 25.3 Å². The second-order valence-electron chi connectivity index (χ2n) is 6.53. The number of likely N-dealkylation sites (tertiary alicyclic amines) is 1. The molecule has 124 valence electrons. The zero-order valence-corrected chi connectivity index (χ0v) is 13.3. The molecule has 1 atom stereocenters. The molecule has 0 aromatic heterocycles. The van der Waals surface area contributed by atoms with Crippen LogP contribution in [-0.4, -0.2) is 35.0 Å². The Morgan fingerprint density at radius 1 is 1.41 bits per heavy atom. The second kappa shape index (κ2) is 6.58. The molecule has 6 heteroatoms. The number of carbonyl (C=O) groups excluding carboxylic acids is 2. The van der Waals surface area contributed by atoms with Crippen LogP contribution in [0.3, 0.4) is 0 Å². The van der Waals surface area contributed by atoms with Crippen molar-refractivity contribution in [2.24, 2.45) is 5.41 Å². The van der Waals surface area contributed by atoms with E-state index in [1.54, 1.807) is 20.8 Å². The van der Waals surface area contributed by atoms with E-state index in [4.69, 9.17) is 4.74 Å². The Labute approximate surface area is 129 Å². The summed E-state index contributed by atoms with van der Waals surface area (Å²) in [6.07, 6.45) is -0.558. The minimum absolute atomic E-state index is 0.124. The Kier molecular flexibility index (Phi) is 5.49. The van der Waals surface area contributed by atoms with Crippen molar-refractivity contribution >= 4 is 12.0 Å². The highest BCUT2D eigenvalue weighted by Crippen LogP contribution is 2.45. The van der Waals surface area contributed by atoms with Crippen LogP contribution < -0.4 is 0 Å². The summed E-state index contributed by atoms with van der Waals surface area (Å²) in [5, 5.41) is 0. The Balaban J connectivity index is 3.18. The first kappa shape index (κ1) is 18.3. The number of rotatable bonds is 5. The number of ether oxygens (including phenoxy) is 1. The van der Waals surface area contributed by atoms with Gasteiger partial charge < -0.3 is 4.74 Å². The number of carbonyl (C=O) groups is 2. The van der Waals surface area contributed by atoms with Gasteiger partial charge in [0.25, 0.3) is 6.43 Å². The molecule has 1 aliphatic rings. The van der Waals surface area contributed by atoms with Gasteiger partial charge in [-0.05, 0) is 40.0 Å². The Hall–Kier alpha value is -1.72. The first-order valence-electron chi connectivity index (χ1n) is 7.14. The third kappa shape index (κ3) is 3.72. The standard InChI is InChI=1S/C16H23F2NO3/c1-6-8-16(9-7-2)10-11(12(17)18)19(13(16)20)14(21)22-15(3,4)5/h6-7,11-12H,1-2,8-10H2,3-5H3. The molecule has 0 radical (unpaired) electrons. The van der Waals surface area contributed by atoms with Crippen molar-refractivity contribution < 1.29 is 23.1 Å². The molecule has 0 saturated carbocycles. The maximum absolute atomic E-state index is 13.3. The van der Waals surface area contributed by atoms with E-state index >= 15 is 0 Å². The van der Waals surface area contributed by atoms with Gasteiger partial charge in [-0.25, -0.2) is 18.5 Å². The number of hydrogen-bond acceptors (Lipinski definition) is 3. The van der Waals surface area contributed by atoms with E-state index in [1.807, 2.05) is 0 Å². The Morgan fingerprint density at radius 2 is 1.91 bits per heavy atom. The smallest absolute Gasteiger partial charge is 0.417 e. The van der Waals surface area contributed by atoms with Gasteiger partial charge in [0.2, 0.25) is 5.91 Å². The molecule has 2 amide bonds. The van der Waals surface area contributed by atoms with Gasteiger partial charge in [-0.15, -0.1) is 13.2 Å². The number of allylic oxidation sites excluding steroid dienone is 2. The van der Waals surface area contributed by atoms with Crippen molar-refractivity contribution in [3.63, 3.8) is 0 Å². The van der Waals surface area contributed by atoms with E-state index in [0.29, 0.717) is 4.90 Å². The predicted molar refractivity (Wildman–Crippen MR) is 79.6 cm³/mol.